The number of hydrogen-bond acceptors (Lipinski definition) is 4. The number of allylic oxidation sites excluding steroid dienone is 3. The van der Waals surface area contributed by atoms with Crippen LogP contribution < -0.4 is 0 Å². The lowest BCUT2D eigenvalue weighted by molar-refractivity contribution is 0.553. The second kappa shape index (κ2) is 7.51. The van der Waals surface area contributed by atoms with E-state index in [4.69, 9.17) is 11.6 Å². The summed E-state index contributed by atoms with van der Waals surface area (Å²) in [5.74, 6) is 1.42. The van der Waals surface area contributed by atoms with Crippen molar-refractivity contribution in [2.75, 3.05) is 0 Å². The molecule has 2 rings (SSSR count). The topological polar surface area (TPSA) is 55.4 Å². The molecule has 1 aliphatic heterocycles. The van der Waals surface area contributed by atoms with Crippen molar-refractivity contribution in [3.8, 4) is 0 Å². The molecule has 1 aromatic heterocycles. The molecule has 23 heavy (non-hydrogen) atoms. The van der Waals surface area contributed by atoms with Gasteiger partial charge in [0.15, 0.2) is 11.6 Å². The molecule has 1 aliphatic rings. The molecule has 5 nitrogen and oxygen atoms in total. The van der Waals surface area contributed by atoms with Gasteiger partial charge in [-0.15, -0.1) is 10.2 Å². The smallest absolute Gasteiger partial charge is 0.182 e. The molecule has 0 aliphatic carbocycles. The van der Waals surface area contributed by atoms with Gasteiger partial charge in [0.1, 0.15) is 5.70 Å². The van der Waals surface area contributed by atoms with Crippen LogP contribution in [0.2, 0.25) is 0 Å². The van der Waals surface area contributed by atoms with Crippen LogP contribution in [0.4, 0.5) is 0 Å². The third kappa shape index (κ3) is 3.20. The first-order chi connectivity index (χ1) is 11.1. The molecule has 0 aromatic carbocycles. The lowest BCUT2D eigenvalue weighted by Gasteiger charge is -2.27. The van der Waals surface area contributed by atoms with Crippen LogP contribution >= 0.6 is 11.6 Å². The summed E-state index contributed by atoms with van der Waals surface area (Å²) in [5, 5.41) is 9.12. The summed E-state index contributed by atoms with van der Waals surface area (Å²) in [6.45, 7) is 13.7. The first kappa shape index (κ1) is 17.3. The molecule has 1 aromatic rings. The molecule has 6 heteroatoms. The summed E-state index contributed by atoms with van der Waals surface area (Å²) >= 11 is 6.34. The fraction of sp³-hybridized carbons (Fsp3) is 0.412. The van der Waals surface area contributed by atoms with Gasteiger partial charge >= 0.3 is 0 Å². The molecule has 122 valence electrons. The lowest BCUT2D eigenvalue weighted by Crippen LogP contribution is -2.26. The molecular weight excluding hydrogens is 310 g/mol. The van der Waals surface area contributed by atoms with Gasteiger partial charge in [-0.3, -0.25) is 14.6 Å². The maximum atomic E-state index is 6.34. The minimum absolute atomic E-state index is 0.131. The normalized spacial score (nSPS) is 18.7. The van der Waals surface area contributed by atoms with E-state index in [1.807, 2.05) is 13.0 Å². The van der Waals surface area contributed by atoms with Crippen LogP contribution in [0.1, 0.15) is 57.7 Å². The molecule has 0 bridgehead atoms. The summed E-state index contributed by atoms with van der Waals surface area (Å²) in [6.07, 6.45) is 6.29. The van der Waals surface area contributed by atoms with Crippen molar-refractivity contribution in [2.24, 2.45) is 9.98 Å². The molecule has 0 amide bonds. The summed E-state index contributed by atoms with van der Waals surface area (Å²) in [7, 11) is 0. The van der Waals surface area contributed by atoms with E-state index in [2.05, 4.69) is 51.9 Å². The molecule has 0 N–H and O–H groups in total. The SMILES string of the molecule is C=N/C=C(Cl)\C(=C/C)c1nnc2n1C(CCC)C(CC)=NC2=C. The highest BCUT2D eigenvalue weighted by Gasteiger charge is 2.30. The van der Waals surface area contributed by atoms with Crippen LogP contribution in [0.5, 0.6) is 0 Å². The van der Waals surface area contributed by atoms with E-state index < -0.39 is 0 Å². The van der Waals surface area contributed by atoms with Crippen LogP contribution in [0.15, 0.2) is 33.9 Å². The Labute approximate surface area is 142 Å². The highest BCUT2D eigenvalue weighted by Crippen LogP contribution is 2.35. The van der Waals surface area contributed by atoms with Crippen LogP contribution in [0.25, 0.3) is 11.3 Å². The Morgan fingerprint density at radius 2 is 2.13 bits per heavy atom. The Bertz CT molecular complexity index is 709. The van der Waals surface area contributed by atoms with E-state index in [0.29, 0.717) is 22.4 Å². The Kier molecular flexibility index (Phi) is 5.66. The Balaban J connectivity index is 2.62. The average molecular weight is 332 g/mol. The highest BCUT2D eigenvalue weighted by molar-refractivity contribution is 6.36. The van der Waals surface area contributed by atoms with Crippen molar-refractivity contribution in [3.05, 3.63) is 35.5 Å². The van der Waals surface area contributed by atoms with Crippen molar-refractivity contribution >= 4 is 35.3 Å². The number of nitrogens with zero attached hydrogens (tertiary/aromatic N) is 5. The van der Waals surface area contributed by atoms with Gasteiger partial charge in [-0.2, -0.15) is 0 Å². The second-order valence-electron chi connectivity index (χ2n) is 5.29. The first-order valence-corrected chi connectivity index (χ1v) is 8.16. The molecule has 0 spiro atoms. The number of aromatic nitrogens is 3. The van der Waals surface area contributed by atoms with Gasteiger partial charge in [-0.1, -0.05) is 44.5 Å². The quantitative estimate of drug-likeness (QED) is 0.563. The predicted molar refractivity (Wildman–Crippen MR) is 97.9 cm³/mol. The van der Waals surface area contributed by atoms with Crippen LogP contribution in [0, 0.1) is 0 Å². The van der Waals surface area contributed by atoms with E-state index in [0.717, 1.165) is 30.5 Å². The number of fused-ring (bicyclic) bond motifs is 1. The van der Waals surface area contributed by atoms with E-state index in [9.17, 15) is 0 Å². The summed E-state index contributed by atoms with van der Waals surface area (Å²) in [4.78, 5) is 8.37. The molecular formula is C17H22ClN5. The fourth-order valence-corrected chi connectivity index (χ4v) is 3.08. The van der Waals surface area contributed by atoms with Gasteiger partial charge in [-0.25, -0.2) is 0 Å². The van der Waals surface area contributed by atoms with Gasteiger partial charge in [0, 0.05) is 17.5 Å². The Hall–Kier alpha value is -2.01. The van der Waals surface area contributed by atoms with Gasteiger partial charge < -0.3 is 0 Å². The van der Waals surface area contributed by atoms with Crippen molar-refractivity contribution in [3.63, 3.8) is 0 Å². The fourth-order valence-electron chi connectivity index (χ4n) is 2.82. The summed E-state index contributed by atoms with van der Waals surface area (Å²) in [6, 6.07) is 0.131. The maximum Gasteiger partial charge on any atom is 0.182 e. The van der Waals surface area contributed by atoms with Crippen LogP contribution in [-0.2, 0) is 0 Å². The summed E-state index contributed by atoms with van der Waals surface area (Å²) in [5.41, 5.74) is 2.53. The zero-order valence-corrected chi connectivity index (χ0v) is 14.6. The Morgan fingerprint density at radius 1 is 1.39 bits per heavy atom. The Morgan fingerprint density at radius 3 is 2.70 bits per heavy atom. The molecule has 0 fully saturated rings. The number of halogens is 1. The van der Waals surface area contributed by atoms with E-state index in [1.54, 1.807) is 0 Å². The number of aliphatic imine (C=N–C) groups is 2. The van der Waals surface area contributed by atoms with Crippen molar-refractivity contribution in [1.82, 2.24) is 14.8 Å². The van der Waals surface area contributed by atoms with Gasteiger partial charge in [-0.05, 0) is 26.5 Å². The zero-order chi connectivity index (χ0) is 17.0. The average Bonchev–Trinajstić information content (AvgIpc) is 2.96. The molecule has 2 heterocycles. The monoisotopic (exact) mass is 331 g/mol. The van der Waals surface area contributed by atoms with Gasteiger partial charge in [0.05, 0.1) is 11.1 Å². The predicted octanol–water partition coefficient (Wildman–Crippen LogP) is 4.64. The molecule has 0 radical (unpaired) electrons. The number of hydrogen-bond donors (Lipinski definition) is 0. The van der Waals surface area contributed by atoms with Crippen LogP contribution in [0.3, 0.4) is 0 Å². The lowest BCUT2D eigenvalue weighted by atomic mass is 10.0. The molecule has 0 saturated heterocycles. The van der Waals surface area contributed by atoms with Crippen LogP contribution in [-0.4, -0.2) is 27.2 Å². The first-order valence-electron chi connectivity index (χ1n) is 7.79. The minimum Gasteiger partial charge on any atom is -0.297 e. The van der Waals surface area contributed by atoms with Crippen molar-refractivity contribution < 1.29 is 0 Å². The third-order valence-corrected chi connectivity index (χ3v) is 4.15. The van der Waals surface area contributed by atoms with E-state index >= 15 is 0 Å². The minimum atomic E-state index is 0.131. The molecule has 1 unspecified atom stereocenters. The van der Waals surface area contributed by atoms with Gasteiger partial charge in [0.2, 0.25) is 0 Å². The highest BCUT2D eigenvalue weighted by atomic mass is 35.5. The maximum absolute atomic E-state index is 6.34. The van der Waals surface area contributed by atoms with Crippen molar-refractivity contribution in [2.45, 2.75) is 46.1 Å². The van der Waals surface area contributed by atoms with Crippen molar-refractivity contribution in [1.29, 1.82) is 0 Å². The largest absolute Gasteiger partial charge is 0.297 e. The molecule has 0 saturated carbocycles. The second-order valence-corrected chi connectivity index (χ2v) is 5.69. The molecule has 1 atom stereocenters. The van der Waals surface area contributed by atoms with E-state index in [1.165, 1.54) is 6.20 Å². The third-order valence-electron chi connectivity index (χ3n) is 3.84. The summed E-state index contributed by atoms with van der Waals surface area (Å²) < 4.78 is 2.10. The van der Waals surface area contributed by atoms with E-state index in [-0.39, 0.29) is 6.04 Å². The number of rotatable bonds is 6. The zero-order valence-electron chi connectivity index (χ0n) is 13.9. The van der Waals surface area contributed by atoms with Gasteiger partial charge in [0.25, 0.3) is 0 Å². The standard InChI is InChI=1S/C17H22ClN5/c1-6-9-15-14(8-3)20-11(4)16-21-22-17(23(15)16)12(7-2)13(18)10-19-5/h7,10,15H,4-6,8-9H2,1-3H3/b12-7+,13-10+.